The molecule has 136 valence electrons. The number of hydrogen-bond donors (Lipinski definition) is 1. The molecule has 0 bridgehead atoms. The molecular weight excluding hydrogens is 431 g/mol. The van der Waals surface area contributed by atoms with Gasteiger partial charge in [-0.3, -0.25) is 4.79 Å². The maximum Gasteiger partial charge on any atom is 0.251 e. The molecule has 1 N–H and O–H groups in total. The number of thiazole rings is 1. The Morgan fingerprint density at radius 1 is 1.22 bits per heavy atom. The Morgan fingerprint density at radius 3 is 2.89 bits per heavy atom. The number of nitrogens with zero attached hydrogens (tertiary/aromatic N) is 3. The van der Waals surface area contributed by atoms with Gasteiger partial charge in [0.15, 0.2) is 5.82 Å². The van der Waals surface area contributed by atoms with Crippen molar-refractivity contribution in [1.82, 2.24) is 19.9 Å². The van der Waals surface area contributed by atoms with Crippen molar-refractivity contribution in [3.05, 3.63) is 75.5 Å². The van der Waals surface area contributed by atoms with Gasteiger partial charge in [-0.2, -0.15) is 4.98 Å². The van der Waals surface area contributed by atoms with Gasteiger partial charge in [0.2, 0.25) is 4.96 Å². The number of halogens is 2. The van der Waals surface area contributed by atoms with Gasteiger partial charge in [-0.25, -0.2) is 8.91 Å². The lowest BCUT2D eigenvalue weighted by Gasteiger charge is -2.05. The molecule has 2 aromatic carbocycles. The molecule has 0 fully saturated rings. The van der Waals surface area contributed by atoms with Gasteiger partial charge in [0.25, 0.3) is 5.91 Å². The summed E-state index contributed by atoms with van der Waals surface area (Å²) in [5, 5.41) is 9.36. The molecule has 0 aliphatic carbocycles. The van der Waals surface area contributed by atoms with Gasteiger partial charge >= 0.3 is 0 Å². The summed E-state index contributed by atoms with van der Waals surface area (Å²) in [6, 6.07) is 13.5. The Labute approximate surface area is 167 Å². The predicted octanol–water partition coefficient (Wildman–Crippen LogP) is 4.33. The van der Waals surface area contributed by atoms with E-state index in [1.54, 1.807) is 28.8 Å². The molecule has 0 aliphatic heterocycles. The van der Waals surface area contributed by atoms with Crippen LogP contribution in [0.15, 0.2) is 58.4 Å². The van der Waals surface area contributed by atoms with Crippen LogP contribution in [0.4, 0.5) is 4.39 Å². The van der Waals surface area contributed by atoms with Gasteiger partial charge < -0.3 is 5.32 Å². The lowest BCUT2D eigenvalue weighted by molar-refractivity contribution is 0.0954. The zero-order chi connectivity index (χ0) is 18.8. The molecule has 5 nitrogen and oxygen atoms in total. The number of carbonyl (C=O) groups is 1. The minimum atomic E-state index is -0.318. The molecule has 2 aromatic heterocycles. The van der Waals surface area contributed by atoms with E-state index in [0.717, 1.165) is 15.1 Å². The van der Waals surface area contributed by atoms with Crippen molar-refractivity contribution in [2.45, 2.75) is 6.42 Å². The van der Waals surface area contributed by atoms with E-state index in [1.807, 2.05) is 17.5 Å². The van der Waals surface area contributed by atoms with Crippen LogP contribution in [0.25, 0.3) is 16.3 Å². The summed E-state index contributed by atoms with van der Waals surface area (Å²) in [7, 11) is 0. The maximum atomic E-state index is 13.4. The Bertz CT molecular complexity index is 1120. The molecule has 1 amide bonds. The maximum absolute atomic E-state index is 13.4. The fourth-order valence-corrected chi connectivity index (χ4v) is 3.94. The van der Waals surface area contributed by atoms with Gasteiger partial charge in [-0.1, -0.05) is 34.1 Å². The summed E-state index contributed by atoms with van der Waals surface area (Å²) < 4.78 is 16.0. The van der Waals surface area contributed by atoms with Crippen LogP contribution in [0.3, 0.4) is 0 Å². The van der Waals surface area contributed by atoms with E-state index in [0.29, 0.717) is 29.9 Å². The summed E-state index contributed by atoms with van der Waals surface area (Å²) in [6.45, 7) is 0.479. The van der Waals surface area contributed by atoms with Crippen LogP contribution in [0.5, 0.6) is 0 Å². The van der Waals surface area contributed by atoms with Crippen LogP contribution in [-0.4, -0.2) is 27.0 Å². The molecule has 0 atom stereocenters. The third kappa shape index (κ3) is 3.91. The molecule has 27 heavy (non-hydrogen) atoms. The molecular formula is C19H14BrFN4OS. The van der Waals surface area contributed by atoms with Gasteiger partial charge in [-0.15, -0.1) is 16.4 Å². The van der Waals surface area contributed by atoms with Crippen LogP contribution < -0.4 is 5.32 Å². The second-order valence-electron chi connectivity index (χ2n) is 5.88. The van der Waals surface area contributed by atoms with E-state index in [1.165, 1.54) is 23.5 Å². The Kier molecular flexibility index (Phi) is 5.00. The van der Waals surface area contributed by atoms with Crippen molar-refractivity contribution in [3.8, 4) is 11.4 Å². The minimum Gasteiger partial charge on any atom is -0.352 e. The standard InChI is InChI=1S/C19H14BrFN4OS/c20-14-5-1-4-13(9-14)18(26)22-8-7-16-11-27-19-23-17(24-25(16)19)12-3-2-6-15(21)10-12/h1-6,9-11H,7-8H2,(H,22,26). The van der Waals surface area contributed by atoms with E-state index in [9.17, 15) is 9.18 Å². The van der Waals surface area contributed by atoms with Crippen molar-refractivity contribution in [1.29, 1.82) is 0 Å². The van der Waals surface area contributed by atoms with E-state index >= 15 is 0 Å². The number of fused-ring (bicyclic) bond motifs is 1. The number of amides is 1. The highest BCUT2D eigenvalue weighted by Gasteiger charge is 2.12. The van der Waals surface area contributed by atoms with Crippen LogP contribution in [0.1, 0.15) is 16.1 Å². The minimum absolute atomic E-state index is 0.123. The monoisotopic (exact) mass is 444 g/mol. The second kappa shape index (κ2) is 7.58. The first-order chi connectivity index (χ1) is 13.1. The fraction of sp³-hybridized carbons (Fsp3) is 0.105. The van der Waals surface area contributed by atoms with E-state index < -0.39 is 0 Å². The van der Waals surface area contributed by atoms with Crippen LogP contribution in [0.2, 0.25) is 0 Å². The molecule has 0 radical (unpaired) electrons. The zero-order valence-corrected chi connectivity index (χ0v) is 16.4. The molecule has 0 spiro atoms. The topological polar surface area (TPSA) is 59.3 Å². The van der Waals surface area contributed by atoms with E-state index in [2.05, 4.69) is 31.3 Å². The highest BCUT2D eigenvalue weighted by Crippen LogP contribution is 2.21. The molecule has 0 aliphatic rings. The van der Waals surface area contributed by atoms with Crippen molar-refractivity contribution in [3.63, 3.8) is 0 Å². The zero-order valence-electron chi connectivity index (χ0n) is 14.0. The van der Waals surface area contributed by atoms with Crippen molar-refractivity contribution < 1.29 is 9.18 Å². The van der Waals surface area contributed by atoms with Crippen molar-refractivity contribution in [2.75, 3.05) is 6.54 Å². The summed E-state index contributed by atoms with van der Waals surface area (Å²) >= 11 is 4.83. The molecule has 4 rings (SSSR count). The predicted molar refractivity (Wildman–Crippen MR) is 106 cm³/mol. The summed E-state index contributed by atoms with van der Waals surface area (Å²) in [5.74, 6) is 0.0451. The highest BCUT2D eigenvalue weighted by atomic mass is 79.9. The van der Waals surface area contributed by atoms with Gasteiger partial charge in [-0.05, 0) is 30.3 Å². The molecule has 4 aromatic rings. The second-order valence-corrected chi connectivity index (χ2v) is 7.64. The summed E-state index contributed by atoms with van der Waals surface area (Å²) in [6.07, 6.45) is 0.617. The van der Waals surface area contributed by atoms with Gasteiger partial charge in [0.1, 0.15) is 5.82 Å². The van der Waals surface area contributed by atoms with Gasteiger partial charge in [0.05, 0.1) is 5.69 Å². The lowest BCUT2D eigenvalue weighted by Crippen LogP contribution is -2.26. The van der Waals surface area contributed by atoms with Crippen LogP contribution >= 0.6 is 27.3 Å². The number of benzene rings is 2. The van der Waals surface area contributed by atoms with Crippen LogP contribution in [0, 0.1) is 5.82 Å². The van der Waals surface area contributed by atoms with Crippen LogP contribution in [-0.2, 0) is 6.42 Å². The SMILES string of the molecule is O=C(NCCc1csc2nc(-c3cccc(F)c3)nn12)c1cccc(Br)c1. The van der Waals surface area contributed by atoms with E-state index in [-0.39, 0.29) is 11.7 Å². The van der Waals surface area contributed by atoms with Crippen molar-refractivity contribution in [2.24, 2.45) is 0 Å². The number of hydrogen-bond acceptors (Lipinski definition) is 4. The Hall–Kier alpha value is -2.58. The number of nitrogens with one attached hydrogen (secondary N) is 1. The molecule has 8 heteroatoms. The molecule has 0 saturated heterocycles. The number of carbonyl (C=O) groups excluding carboxylic acids is 1. The average Bonchev–Trinajstić information content (AvgIpc) is 3.23. The first-order valence-electron chi connectivity index (χ1n) is 8.23. The third-order valence-corrected chi connectivity index (χ3v) is 5.34. The average molecular weight is 445 g/mol. The largest absolute Gasteiger partial charge is 0.352 e. The first kappa shape index (κ1) is 17.8. The molecule has 2 heterocycles. The highest BCUT2D eigenvalue weighted by molar-refractivity contribution is 9.10. The molecule has 0 unspecified atom stereocenters. The quantitative estimate of drug-likeness (QED) is 0.498. The number of aromatic nitrogens is 3. The molecule has 0 saturated carbocycles. The third-order valence-electron chi connectivity index (χ3n) is 3.99. The van der Waals surface area contributed by atoms with Gasteiger partial charge in [0, 0.05) is 33.9 Å². The first-order valence-corrected chi connectivity index (χ1v) is 9.90. The number of rotatable bonds is 5. The summed E-state index contributed by atoms with van der Waals surface area (Å²) in [5.41, 5.74) is 2.19. The Balaban J connectivity index is 1.46. The van der Waals surface area contributed by atoms with E-state index in [4.69, 9.17) is 0 Å². The smallest absolute Gasteiger partial charge is 0.251 e. The normalized spacial score (nSPS) is 11.0. The lowest BCUT2D eigenvalue weighted by atomic mass is 10.2. The fourth-order valence-electron chi connectivity index (χ4n) is 2.68. The summed E-state index contributed by atoms with van der Waals surface area (Å²) in [4.78, 5) is 17.4. The van der Waals surface area contributed by atoms with Crippen molar-refractivity contribution >= 4 is 38.1 Å². The Morgan fingerprint density at radius 2 is 2.07 bits per heavy atom.